The lowest BCUT2D eigenvalue weighted by atomic mass is 10.1. The molecule has 0 saturated heterocycles. The van der Waals surface area contributed by atoms with Crippen molar-refractivity contribution in [3.63, 3.8) is 0 Å². The van der Waals surface area contributed by atoms with E-state index in [4.69, 9.17) is 0 Å². The van der Waals surface area contributed by atoms with E-state index >= 15 is 0 Å². The maximum atomic E-state index is 12.5. The number of anilines is 1. The van der Waals surface area contributed by atoms with Gasteiger partial charge >= 0.3 is 0 Å². The zero-order chi connectivity index (χ0) is 15.7. The van der Waals surface area contributed by atoms with Crippen molar-refractivity contribution in [1.82, 2.24) is 9.71 Å². The summed E-state index contributed by atoms with van der Waals surface area (Å²) in [5, 5.41) is 3.14. The van der Waals surface area contributed by atoms with E-state index in [0.717, 1.165) is 38.6 Å². The van der Waals surface area contributed by atoms with Gasteiger partial charge in [-0.3, -0.25) is 4.98 Å². The number of hydrogen-bond donors (Lipinski definition) is 2. The van der Waals surface area contributed by atoms with E-state index in [1.54, 1.807) is 12.3 Å². The second kappa shape index (κ2) is 9.00. The summed E-state index contributed by atoms with van der Waals surface area (Å²) >= 11 is 0. The first-order valence-corrected chi connectivity index (χ1v) is 9.19. The lowest BCUT2D eigenvalue weighted by Gasteiger charge is -2.16. The number of aromatic nitrogens is 1. The molecule has 6 heteroatoms. The third-order valence-electron chi connectivity index (χ3n) is 3.24. The molecule has 0 bridgehead atoms. The third-order valence-corrected chi connectivity index (χ3v) is 4.85. The summed E-state index contributed by atoms with van der Waals surface area (Å²) in [5.74, 6) is 0. The summed E-state index contributed by atoms with van der Waals surface area (Å²) in [6, 6.07) is 1.63. The monoisotopic (exact) mass is 313 g/mol. The summed E-state index contributed by atoms with van der Waals surface area (Å²) in [6.07, 6.45) is 8.08. The maximum absolute atomic E-state index is 12.5. The van der Waals surface area contributed by atoms with Crippen LogP contribution in [0.5, 0.6) is 0 Å². The van der Waals surface area contributed by atoms with Gasteiger partial charge in [-0.1, -0.05) is 33.1 Å². The van der Waals surface area contributed by atoms with E-state index in [1.165, 1.54) is 6.20 Å². The van der Waals surface area contributed by atoms with Crippen LogP contribution in [0.1, 0.15) is 52.9 Å². The minimum atomic E-state index is -3.53. The third kappa shape index (κ3) is 6.01. The number of sulfonamides is 1. The molecule has 1 atom stereocenters. The van der Waals surface area contributed by atoms with Gasteiger partial charge in [-0.15, -0.1) is 0 Å². The van der Waals surface area contributed by atoms with Gasteiger partial charge in [0.2, 0.25) is 10.0 Å². The highest BCUT2D eigenvalue weighted by molar-refractivity contribution is 7.89. The summed E-state index contributed by atoms with van der Waals surface area (Å²) in [5.41, 5.74) is 0.611. The van der Waals surface area contributed by atoms with Crippen molar-refractivity contribution < 1.29 is 8.42 Å². The Bertz CT molecular complexity index is 517. The highest BCUT2D eigenvalue weighted by Crippen LogP contribution is 2.20. The Morgan fingerprint density at radius 3 is 2.67 bits per heavy atom. The van der Waals surface area contributed by atoms with Crippen molar-refractivity contribution in [3.05, 3.63) is 18.5 Å². The Morgan fingerprint density at radius 1 is 1.24 bits per heavy atom. The molecule has 1 aromatic rings. The zero-order valence-corrected chi connectivity index (χ0v) is 14.0. The number of hydrogen-bond acceptors (Lipinski definition) is 4. The van der Waals surface area contributed by atoms with Gasteiger partial charge in [-0.2, -0.15) is 0 Å². The molecule has 0 saturated carbocycles. The van der Waals surface area contributed by atoms with Crippen LogP contribution in [0.25, 0.3) is 0 Å². The molecule has 5 nitrogen and oxygen atoms in total. The first kappa shape index (κ1) is 17.9. The average Bonchev–Trinajstić information content (AvgIpc) is 2.45. The van der Waals surface area contributed by atoms with Crippen LogP contribution >= 0.6 is 0 Å². The Hall–Kier alpha value is -1.14. The lowest BCUT2D eigenvalue weighted by Crippen LogP contribution is -2.33. The van der Waals surface area contributed by atoms with E-state index in [2.05, 4.69) is 21.9 Å². The molecule has 0 spiro atoms. The van der Waals surface area contributed by atoms with Crippen molar-refractivity contribution in [1.29, 1.82) is 0 Å². The normalized spacial score (nSPS) is 13.1. The standard InChI is InChI=1S/C15H27N3O2S/c1-4-6-7-8-13(3)18-21(19,20)15-12-16-11-9-14(15)17-10-5-2/h9,11-13,18H,4-8,10H2,1-3H3,(H,16,17). The molecule has 0 aromatic carbocycles. The molecule has 1 rings (SSSR count). The molecule has 0 fully saturated rings. The number of nitrogens with one attached hydrogen (secondary N) is 2. The number of rotatable bonds is 10. The van der Waals surface area contributed by atoms with Crippen molar-refractivity contribution in [2.45, 2.75) is 63.8 Å². The van der Waals surface area contributed by atoms with Crippen LogP contribution in [-0.2, 0) is 10.0 Å². The summed E-state index contributed by atoms with van der Waals surface area (Å²) in [7, 11) is -3.53. The smallest absolute Gasteiger partial charge is 0.244 e. The molecule has 1 aromatic heterocycles. The summed E-state index contributed by atoms with van der Waals surface area (Å²) in [6.45, 7) is 6.81. The molecule has 2 N–H and O–H groups in total. The summed E-state index contributed by atoms with van der Waals surface area (Å²) in [4.78, 5) is 4.17. The number of pyridine rings is 1. The van der Waals surface area contributed by atoms with Crippen molar-refractivity contribution in [3.8, 4) is 0 Å². The van der Waals surface area contributed by atoms with Gasteiger partial charge in [0.25, 0.3) is 0 Å². The second-order valence-corrected chi connectivity index (χ2v) is 7.00. The van der Waals surface area contributed by atoms with E-state index in [0.29, 0.717) is 5.69 Å². The van der Waals surface area contributed by atoms with Crippen LogP contribution in [0.15, 0.2) is 23.4 Å². The van der Waals surface area contributed by atoms with Gasteiger partial charge in [-0.05, 0) is 25.8 Å². The lowest BCUT2D eigenvalue weighted by molar-refractivity contribution is 0.527. The molecular formula is C15H27N3O2S. The first-order chi connectivity index (χ1) is 10.0. The van der Waals surface area contributed by atoms with Crippen molar-refractivity contribution in [2.24, 2.45) is 0 Å². The molecule has 0 aliphatic rings. The van der Waals surface area contributed by atoms with E-state index in [9.17, 15) is 8.42 Å². The van der Waals surface area contributed by atoms with Crippen LogP contribution < -0.4 is 10.0 Å². The van der Waals surface area contributed by atoms with Gasteiger partial charge in [0, 0.05) is 25.0 Å². The predicted molar refractivity (Wildman–Crippen MR) is 86.9 cm³/mol. The Kier molecular flexibility index (Phi) is 7.67. The topological polar surface area (TPSA) is 71.1 Å². The molecule has 0 aliphatic heterocycles. The van der Waals surface area contributed by atoms with Crippen molar-refractivity contribution in [2.75, 3.05) is 11.9 Å². The molecule has 1 heterocycles. The molecule has 0 aliphatic carbocycles. The van der Waals surface area contributed by atoms with E-state index < -0.39 is 10.0 Å². The molecule has 120 valence electrons. The Balaban J connectivity index is 2.77. The SMILES string of the molecule is CCCCCC(C)NS(=O)(=O)c1cnccc1NCCC. The van der Waals surface area contributed by atoms with Crippen LogP contribution in [0.3, 0.4) is 0 Å². The minimum absolute atomic E-state index is 0.0687. The molecule has 21 heavy (non-hydrogen) atoms. The number of nitrogens with zero attached hydrogens (tertiary/aromatic N) is 1. The first-order valence-electron chi connectivity index (χ1n) is 7.71. The molecule has 0 radical (unpaired) electrons. The van der Waals surface area contributed by atoms with E-state index in [1.807, 2.05) is 13.8 Å². The highest BCUT2D eigenvalue weighted by atomic mass is 32.2. The van der Waals surface area contributed by atoms with E-state index in [-0.39, 0.29) is 10.9 Å². The molecule has 0 amide bonds. The fourth-order valence-electron chi connectivity index (χ4n) is 2.09. The largest absolute Gasteiger partial charge is 0.384 e. The fraction of sp³-hybridized carbons (Fsp3) is 0.667. The molecular weight excluding hydrogens is 286 g/mol. The van der Waals surface area contributed by atoms with Crippen LogP contribution in [-0.4, -0.2) is 26.0 Å². The van der Waals surface area contributed by atoms with Crippen LogP contribution in [0, 0.1) is 0 Å². The van der Waals surface area contributed by atoms with Gasteiger partial charge in [0.15, 0.2) is 0 Å². The average molecular weight is 313 g/mol. The van der Waals surface area contributed by atoms with Gasteiger partial charge in [-0.25, -0.2) is 13.1 Å². The molecule has 1 unspecified atom stereocenters. The predicted octanol–water partition coefficient (Wildman–Crippen LogP) is 3.15. The maximum Gasteiger partial charge on any atom is 0.244 e. The highest BCUT2D eigenvalue weighted by Gasteiger charge is 2.20. The van der Waals surface area contributed by atoms with Crippen LogP contribution in [0.4, 0.5) is 5.69 Å². The zero-order valence-electron chi connectivity index (χ0n) is 13.2. The minimum Gasteiger partial charge on any atom is -0.384 e. The summed E-state index contributed by atoms with van der Waals surface area (Å²) < 4.78 is 27.7. The van der Waals surface area contributed by atoms with Crippen molar-refractivity contribution >= 4 is 15.7 Å². The number of unbranched alkanes of at least 4 members (excludes halogenated alkanes) is 2. The fourth-order valence-corrected chi connectivity index (χ4v) is 3.49. The Morgan fingerprint density at radius 2 is 2.00 bits per heavy atom. The quantitative estimate of drug-likeness (QED) is 0.651. The van der Waals surface area contributed by atoms with Gasteiger partial charge < -0.3 is 5.32 Å². The van der Waals surface area contributed by atoms with Gasteiger partial charge in [0.05, 0.1) is 5.69 Å². The Labute approximate surface area is 128 Å². The van der Waals surface area contributed by atoms with Gasteiger partial charge in [0.1, 0.15) is 4.90 Å². The second-order valence-electron chi connectivity index (χ2n) is 5.32. The van der Waals surface area contributed by atoms with Crippen LogP contribution in [0.2, 0.25) is 0 Å².